The van der Waals surface area contributed by atoms with E-state index in [4.69, 9.17) is 30.5 Å². The van der Waals surface area contributed by atoms with E-state index < -0.39 is 5.79 Å². The molecule has 2 aliphatic heterocycles. The van der Waals surface area contributed by atoms with Crippen molar-refractivity contribution in [3.63, 3.8) is 0 Å². The molecule has 2 fully saturated rings. The van der Waals surface area contributed by atoms with Crippen molar-refractivity contribution >= 4 is 23.4 Å². The van der Waals surface area contributed by atoms with Gasteiger partial charge in [0.15, 0.2) is 5.79 Å². The van der Waals surface area contributed by atoms with E-state index in [-0.39, 0.29) is 23.7 Å². The highest BCUT2D eigenvalue weighted by molar-refractivity contribution is 8.00. The maximum Gasteiger partial charge on any atom is 0.164 e. The highest BCUT2D eigenvalue weighted by Crippen LogP contribution is 2.38. The largest absolute Gasteiger partial charge is 0.367 e. The van der Waals surface area contributed by atoms with Crippen LogP contribution in [0.1, 0.15) is 19.4 Å². The summed E-state index contributed by atoms with van der Waals surface area (Å²) in [6.07, 6.45) is -0.430. The van der Waals surface area contributed by atoms with Crippen molar-refractivity contribution in [3.05, 3.63) is 35.9 Å². The smallest absolute Gasteiger partial charge is 0.164 e. The first-order chi connectivity index (χ1) is 10.6. The molecule has 0 amide bonds. The van der Waals surface area contributed by atoms with Crippen molar-refractivity contribution in [1.82, 2.24) is 0 Å². The third kappa shape index (κ3) is 3.78. The van der Waals surface area contributed by atoms with Gasteiger partial charge in [-0.3, -0.25) is 0 Å². The summed E-state index contributed by atoms with van der Waals surface area (Å²) in [7, 11) is 0. The van der Waals surface area contributed by atoms with E-state index in [0.717, 1.165) is 5.56 Å². The molecule has 2 aliphatic rings. The van der Waals surface area contributed by atoms with E-state index in [2.05, 4.69) is 0 Å². The summed E-state index contributed by atoms with van der Waals surface area (Å²) in [6, 6.07) is 10.1. The van der Waals surface area contributed by atoms with E-state index in [1.165, 1.54) is 11.8 Å². The summed E-state index contributed by atoms with van der Waals surface area (Å²) in [5.41, 5.74) is 0.984. The monoisotopic (exact) mass is 344 g/mol. The molecule has 4 nitrogen and oxygen atoms in total. The third-order valence-electron chi connectivity index (χ3n) is 3.75. The maximum absolute atomic E-state index is 6.13. The van der Waals surface area contributed by atoms with Gasteiger partial charge in [0.25, 0.3) is 0 Å². The van der Waals surface area contributed by atoms with Gasteiger partial charge in [0.1, 0.15) is 23.7 Å². The maximum atomic E-state index is 6.13. The van der Waals surface area contributed by atoms with Crippen LogP contribution in [0.15, 0.2) is 30.3 Å². The molecule has 0 spiro atoms. The number of benzene rings is 1. The van der Waals surface area contributed by atoms with Crippen LogP contribution in [0.2, 0.25) is 0 Å². The lowest BCUT2D eigenvalue weighted by Crippen LogP contribution is -2.51. The molecule has 3 rings (SSSR count). The molecule has 0 N–H and O–H groups in total. The minimum atomic E-state index is -0.604. The molecule has 0 radical (unpaired) electrons. The van der Waals surface area contributed by atoms with Crippen LogP contribution in [0, 0.1) is 0 Å². The van der Waals surface area contributed by atoms with Gasteiger partial charge in [0.05, 0.1) is 18.4 Å². The molecule has 1 aromatic rings. The van der Waals surface area contributed by atoms with Crippen LogP contribution in [0.5, 0.6) is 0 Å². The lowest BCUT2D eigenvalue weighted by Gasteiger charge is -2.37. The second kappa shape index (κ2) is 7.07. The average molecular weight is 345 g/mol. The van der Waals surface area contributed by atoms with Crippen molar-refractivity contribution in [3.8, 4) is 0 Å². The summed E-state index contributed by atoms with van der Waals surface area (Å²) >= 11 is 7.40. The van der Waals surface area contributed by atoms with Crippen LogP contribution in [-0.4, -0.2) is 41.4 Å². The predicted molar refractivity (Wildman–Crippen MR) is 86.9 cm³/mol. The topological polar surface area (TPSA) is 36.9 Å². The van der Waals surface area contributed by atoms with Crippen molar-refractivity contribution in [2.75, 3.05) is 11.8 Å². The third-order valence-corrected chi connectivity index (χ3v) is 4.99. The van der Waals surface area contributed by atoms with Gasteiger partial charge in [-0.05, 0) is 19.4 Å². The van der Waals surface area contributed by atoms with Crippen LogP contribution in [-0.2, 0) is 25.6 Å². The quantitative estimate of drug-likeness (QED) is 0.765. The van der Waals surface area contributed by atoms with Crippen molar-refractivity contribution in [2.45, 2.75) is 50.0 Å². The minimum absolute atomic E-state index is 0.0945. The number of halogens is 1. The average Bonchev–Trinajstić information content (AvgIpc) is 2.82. The first-order valence-corrected chi connectivity index (χ1v) is 8.98. The Morgan fingerprint density at radius 3 is 2.77 bits per heavy atom. The van der Waals surface area contributed by atoms with E-state index in [1.54, 1.807) is 0 Å². The van der Waals surface area contributed by atoms with Gasteiger partial charge in [-0.25, -0.2) is 0 Å². The Kier molecular flexibility index (Phi) is 5.32. The molecule has 0 aliphatic carbocycles. The fraction of sp³-hybridized carbons (Fsp3) is 0.625. The number of alkyl halides is 1. The van der Waals surface area contributed by atoms with Gasteiger partial charge in [-0.2, -0.15) is 0 Å². The zero-order valence-electron chi connectivity index (χ0n) is 12.7. The lowest BCUT2D eigenvalue weighted by molar-refractivity contribution is -0.164. The van der Waals surface area contributed by atoms with Crippen LogP contribution >= 0.6 is 23.4 Å². The zero-order chi connectivity index (χ0) is 15.6. The predicted octanol–water partition coefficient (Wildman–Crippen LogP) is 3.38. The van der Waals surface area contributed by atoms with E-state index in [1.807, 2.05) is 44.2 Å². The van der Waals surface area contributed by atoms with Gasteiger partial charge >= 0.3 is 0 Å². The van der Waals surface area contributed by atoms with Crippen LogP contribution in [0.4, 0.5) is 0 Å². The van der Waals surface area contributed by atoms with Crippen LogP contribution < -0.4 is 0 Å². The number of rotatable bonds is 5. The van der Waals surface area contributed by atoms with Gasteiger partial charge in [-0.15, -0.1) is 23.4 Å². The second-order valence-corrected chi connectivity index (χ2v) is 7.55. The first-order valence-electron chi connectivity index (χ1n) is 7.39. The van der Waals surface area contributed by atoms with Gasteiger partial charge in [0.2, 0.25) is 0 Å². The Hall–Kier alpha value is -0.300. The van der Waals surface area contributed by atoms with E-state index in [0.29, 0.717) is 18.4 Å². The SMILES string of the molecule is CC1(C)O[C@@H]2[C@@H](OCc3ccccc3)[C@H](SCCl)OC[C@@H]2O1. The summed E-state index contributed by atoms with van der Waals surface area (Å²) in [5.74, 6) is -0.604. The fourth-order valence-corrected chi connectivity index (χ4v) is 3.95. The van der Waals surface area contributed by atoms with Gasteiger partial charge < -0.3 is 18.9 Å². The summed E-state index contributed by atoms with van der Waals surface area (Å²) in [5, 5.41) is 0.456. The summed E-state index contributed by atoms with van der Waals surface area (Å²) < 4.78 is 23.9. The van der Waals surface area contributed by atoms with E-state index in [9.17, 15) is 0 Å². The molecular formula is C16H21ClO4S. The molecular weight excluding hydrogens is 324 g/mol. The molecule has 0 unspecified atom stereocenters. The molecule has 4 atom stereocenters. The fourth-order valence-electron chi connectivity index (χ4n) is 2.85. The molecule has 2 saturated heterocycles. The molecule has 0 saturated carbocycles. The molecule has 1 aromatic carbocycles. The van der Waals surface area contributed by atoms with Crippen LogP contribution in [0.25, 0.3) is 0 Å². The summed E-state index contributed by atoms with van der Waals surface area (Å²) in [4.78, 5) is 0. The second-order valence-electron chi connectivity index (χ2n) is 5.88. The highest BCUT2D eigenvalue weighted by atomic mass is 35.5. The highest BCUT2D eigenvalue weighted by Gasteiger charge is 2.51. The first kappa shape index (κ1) is 16.6. The number of hydrogen-bond acceptors (Lipinski definition) is 5. The van der Waals surface area contributed by atoms with Crippen molar-refractivity contribution in [2.24, 2.45) is 0 Å². The van der Waals surface area contributed by atoms with Gasteiger partial charge in [0, 0.05) is 0 Å². The number of fused-ring (bicyclic) bond motifs is 1. The van der Waals surface area contributed by atoms with E-state index >= 15 is 0 Å². The molecule has 2 heterocycles. The Bertz CT molecular complexity index is 484. The van der Waals surface area contributed by atoms with Crippen molar-refractivity contribution < 1.29 is 18.9 Å². The number of hydrogen-bond donors (Lipinski definition) is 0. The number of ether oxygens (including phenoxy) is 4. The standard InChI is InChI=1S/C16H21ClO4S/c1-16(2)20-12-9-19-15(22-10-17)14(13(12)21-16)18-8-11-6-4-3-5-7-11/h3-7,12-15H,8-10H2,1-2H3/t12-,13-,14+,15-/m0/s1. The molecule has 122 valence electrons. The molecule has 6 heteroatoms. The Balaban J connectivity index is 1.70. The Morgan fingerprint density at radius 2 is 2.05 bits per heavy atom. The lowest BCUT2D eigenvalue weighted by atomic mass is 10.1. The van der Waals surface area contributed by atoms with Crippen molar-refractivity contribution in [1.29, 1.82) is 0 Å². The molecule has 0 aromatic heterocycles. The van der Waals surface area contributed by atoms with Crippen LogP contribution in [0.3, 0.4) is 0 Å². The minimum Gasteiger partial charge on any atom is -0.367 e. The molecule has 0 bridgehead atoms. The Morgan fingerprint density at radius 1 is 1.27 bits per heavy atom. The molecule has 22 heavy (non-hydrogen) atoms. The summed E-state index contributed by atoms with van der Waals surface area (Å²) in [6.45, 7) is 4.86. The normalized spacial score (nSPS) is 33.6. The van der Waals surface area contributed by atoms with Gasteiger partial charge in [-0.1, -0.05) is 30.3 Å². The Labute approximate surface area is 140 Å². The zero-order valence-corrected chi connectivity index (χ0v) is 14.3. The number of thioether (sulfide) groups is 1.